The number of thiazole rings is 1. The van der Waals surface area contributed by atoms with Crippen molar-refractivity contribution in [2.75, 3.05) is 23.8 Å². The van der Waals surface area contributed by atoms with E-state index in [9.17, 15) is 32.1 Å². The SMILES string of the molecule is CC(C)(C)OC(=O)NCCSC[C@H]1[C@H](NC(=O)/C(=N\OC(C)(C)C(=O)OC(C)(C)C)c2cnc(N)s2)C(=O)N1S(=O)(=O)O. The Labute approximate surface area is 258 Å². The van der Waals surface area contributed by atoms with Gasteiger partial charge in [-0.2, -0.15) is 20.2 Å². The van der Waals surface area contributed by atoms with Crippen LogP contribution in [0.15, 0.2) is 11.4 Å². The van der Waals surface area contributed by atoms with Crippen molar-refractivity contribution in [1.29, 1.82) is 0 Å². The van der Waals surface area contributed by atoms with E-state index in [1.54, 1.807) is 41.5 Å². The molecule has 0 aliphatic carbocycles. The largest absolute Gasteiger partial charge is 0.457 e. The minimum Gasteiger partial charge on any atom is -0.457 e. The summed E-state index contributed by atoms with van der Waals surface area (Å²) in [7, 11) is -4.93. The zero-order valence-electron chi connectivity index (χ0n) is 25.1. The van der Waals surface area contributed by atoms with Gasteiger partial charge in [0.1, 0.15) is 17.2 Å². The van der Waals surface area contributed by atoms with Gasteiger partial charge in [-0.05, 0) is 55.4 Å². The molecule has 2 rings (SSSR count). The molecule has 43 heavy (non-hydrogen) atoms. The van der Waals surface area contributed by atoms with Gasteiger partial charge < -0.3 is 30.7 Å². The van der Waals surface area contributed by atoms with Gasteiger partial charge in [0.25, 0.3) is 11.8 Å². The molecule has 242 valence electrons. The number of nitrogens with two attached hydrogens (primary N) is 1. The van der Waals surface area contributed by atoms with E-state index in [-0.39, 0.29) is 26.6 Å². The van der Waals surface area contributed by atoms with Gasteiger partial charge in [0.2, 0.25) is 5.60 Å². The smallest absolute Gasteiger partial charge is 0.407 e. The molecule has 0 bridgehead atoms. The van der Waals surface area contributed by atoms with Crippen molar-refractivity contribution in [3.05, 3.63) is 11.1 Å². The number of aromatic nitrogens is 1. The first-order valence-corrected chi connectivity index (χ1v) is 16.3. The summed E-state index contributed by atoms with van der Waals surface area (Å²) < 4.78 is 44.0. The normalized spacial score (nSPS) is 18.0. The van der Waals surface area contributed by atoms with E-state index in [0.29, 0.717) is 5.75 Å². The fourth-order valence-corrected chi connectivity index (χ4v) is 5.90. The third-order valence-corrected chi connectivity index (χ3v) is 7.99. The number of ether oxygens (including phenoxy) is 2. The van der Waals surface area contributed by atoms with Crippen LogP contribution in [0.3, 0.4) is 0 Å². The molecule has 1 saturated heterocycles. The first kappa shape index (κ1) is 36.0. The molecule has 2 atom stereocenters. The highest BCUT2D eigenvalue weighted by Crippen LogP contribution is 2.27. The van der Waals surface area contributed by atoms with E-state index >= 15 is 0 Å². The Bertz CT molecular complexity index is 1350. The fraction of sp³-hybridized carbons (Fsp3) is 0.667. The maximum absolute atomic E-state index is 13.3. The van der Waals surface area contributed by atoms with E-state index in [2.05, 4.69) is 20.8 Å². The number of nitrogens with zero attached hydrogens (tertiary/aromatic N) is 3. The molecule has 19 heteroatoms. The molecule has 0 radical (unpaired) electrons. The lowest BCUT2D eigenvalue weighted by molar-refractivity contribution is -0.179. The van der Waals surface area contributed by atoms with Crippen LogP contribution >= 0.6 is 23.1 Å². The number of rotatable bonds is 12. The summed E-state index contributed by atoms with van der Waals surface area (Å²) in [5.74, 6) is -2.53. The topological polar surface area (TPSA) is 229 Å². The quantitative estimate of drug-likeness (QED) is 0.0617. The molecule has 1 fully saturated rings. The van der Waals surface area contributed by atoms with Crippen molar-refractivity contribution in [3.8, 4) is 0 Å². The van der Waals surface area contributed by atoms with Crippen molar-refractivity contribution in [3.63, 3.8) is 0 Å². The van der Waals surface area contributed by atoms with Gasteiger partial charge in [-0.3, -0.25) is 14.1 Å². The summed E-state index contributed by atoms with van der Waals surface area (Å²) in [5.41, 5.74) is 2.18. The highest BCUT2D eigenvalue weighted by Gasteiger charge is 2.54. The molecule has 0 aromatic carbocycles. The lowest BCUT2D eigenvalue weighted by Crippen LogP contribution is -2.73. The Morgan fingerprint density at radius 3 is 2.26 bits per heavy atom. The Kier molecular flexibility index (Phi) is 11.4. The van der Waals surface area contributed by atoms with E-state index in [1.165, 1.54) is 20.0 Å². The van der Waals surface area contributed by atoms with Crippen LogP contribution in [-0.2, 0) is 39.0 Å². The first-order valence-electron chi connectivity index (χ1n) is 12.9. The molecule has 1 aromatic rings. The van der Waals surface area contributed by atoms with Gasteiger partial charge in [0.05, 0.1) is 10.9 Å². The van der Waals surface area contributed by atoms with E-state index in [1.807, 2.05) is 0 Å². The van der Waals surface area contributed by atoms with Crippen LogP contribution in [0.25, 0.3) is 0 Å². The Balaban J connectivity index is 2.18. The predicted octanol–water partition coefficient (Wildman–Crippen LogP) is 1.32. The predicted molar refractivity (Wildman–Crippen MR) is 160 cm³/mol. The van der Waals surface area contributed by atoms with Crippen molar-refractivity contribution >= 4 is 68.1 Å². The number of nitrogen functional groups attached to an aromatic ring is 1. The molecule has 1 aliphatic heterocycles. The molecule has 0 unspecified atom stereocenters. The van der Waals surface area contributed by atoms with Crippen LogP contribution in [0.1, 0.15) is 60.3 Å². The second kappa shape index (κ2) is 13.6. The summed E-state index contributed by atoms with van der Waals surface area (Å²) in [6, 6.07) is -2.53. The average Bonchev–Trinajstić information content (AvgIpc) is 3.24. The monoisotopic (exact) mass is 666 g/mol. The summed E-state index contributed by atoms with van der Waals surface area (Å²) in [6.45, 7) is 13.1. The second-order valence-corrected chi connectivity index (χ2v) is 15.2. The summed E-state index contributed by atoms with van der Waals surface area (Å²) in [6.07, 6.45) is 0.601. The van der Waals surface area contributed by atoms with E-state index in [4.69, 9.17) is 20.0 Å². The molecule has 2 heterocycles. The number of amides is 3. The molecule has 1 aliphatic rings. The summed E-state index contributed by atoms with van der Waals surface area (Å²) >= 11 is 2.03. The Morgan fingerprint density at radius 2 is 1.74 bits per heavy atom. The van der Waals surface area contributed by atoms with Gasteiger partial charge in [-0.15, -0.1) is 0 Å². The molecular weight excluding hydrogens is 628 g/mol. The van der Waals surface area contributed by atoms with Crippen molar-refractivity contribution in [2.24, 2.45) is 5.16 Å². The van der Waals surface area contributed by atoms with Crippen LogP contribution in [0.4, 0.5) is 9.93 Å². The number of esters is 1. The van der Waals surface area contributed by atoms with Crippen molar-refractivity contribution in [2.45, 2.75) is 84.3 Å². The minimum atomic E-state index is -4.93. The minimum absolute atomic E-state index is 0.0331. The number of hydrogen-bond acceptors (Lipinski definition) is 14. The standard InChI is InChI=1S/C24H38N6O10S3/c1-22(2,3)38-19(33)24(7,8)40-29-16(14-11-27-20(25)42-14)17(31)28-15-13(30(18(15)32)43(35,36)37)12-41-10-9-26-21(34)39-23(4,5)6/h11,13,15H,9-10,12H2,1-8H3,(H2,25,27)(H,26,34)(H,28,31)(H,35,36,37)/b29-16-/t13-,15-/m0/s1. The van der Waals surface area contributed by atoms with Gasteiger partial charge in [-0.25, -0.2) is 18.9 Å². The molecule has 3 amide bonds. The molecular formula is C24H38N6O10S3. The van der Waals surface area contributed by atoms with Crippen molar-refractivity contribution in [1.82, 2.24) is 19.9 Å². The molecule has 1 aromatic heterocycles. The number of thioether (sulfide) groups is 1. The zero-order chi connectivity index (χ0) is 33.0. The van der Waals surface area contributed by atoms with Crippen LogP contribution in [0.5, 0.6) is 0 Å². The van der Waals surface area contributed by atoms with Gasteiger partial charge in [0.15, 0.2) is 10.8 Å². The highest BCUT2D eigenvalue weighted by atomic mass is 32.2. The van der Waals surface area contributed by atoms with Crippen LogP contribution < -0.4 is 16.4 Å². The number of alkyl carbamates (subject to hydrolysis) is 1. The number of carbonyl (C=O) groups is 4. The van der Waals surface area contributed by atoms with Gasteiger partial charge in [-0.1, -0.05) is 16.5 Å². The lowest BCUT2D eigenvalue weighted by atomic mass is 10.0. The number of oxime groups is 1. The second-order valence-electron chi connectivity index (χ2n) is 11.7. The van der Waals surface area contributed by atoms with E-state index in [0.717, 1.165) is 23.1 Å². The van der Waals surface area contributed by atoms with Crippen molar-refractivity contribution < 1.29 is 46.5 Å². The number of anilines is 1. The maximum Gasteiger partial charge on any atom is 0.407 e. The lowest BCUT2D eigenvalue weighted by Gasteiger charge is -2.44. The van der Waals surface area contributed by atoms with Gasteiger partial charge in [0, 0.05) is 24.2 Å². The Hall–Kier alpha value is -3.16. The average molecular weight is 667 g/mol. The van der Waals surface area contributed by atoms with Crippen LogP contribution in [0, 0.1) is 0 Å². The summed E-state index contributed by atoms with van der Waals surface area (Å²) in [4.78, 5) is 59.8. The number of β-lactam (4-membered cyclic amide) rings is 1. The molecule has 16 nitrogen and oxygen atoms in total. The number of nitrogens with one attached hydrogen (secondary N) is 2. The molecule has 0 saturated carbocycles. The molecule has 0 spiro atoms. The van der Waals surface area contributed by atoms with Crippen LogP contribution in [0.2, 0.25) is 0 Å². The number of hydrogen-bond donors (Lipinski definition) is 4. The third-order valence-electron chi connectivity index (χ3n) is 5.14. The third kappa shape index (κ3) is 10.8. The highest BCUT2D eigenvalue weighted by molar-refractivity contribution is 7.99. The maximum atomic E-state index is 13.3. The van der Waals surface area contributed by atoms with Crippen LogP contribution in [-0.4, -0.2) is 98.8 Å². The zero-order valence-corrected chi connectivity index (χ0v) is 27.6. The Morgan fingerprint density at radius 1 is 1.14 bits per heavy atom. The molecule has 5 N–H and O–H groups in total. The summed E-state index contributed by atoms with van der Waals surface area (Å²) in [5, 5.41) is 8.91. The fourth-order valence-electron chi connectivity index (χ4n) is 3.27. The first-order chi connectivity index (χ1) is 19.5. The number of carbonyl (C=O) groups excluding carboxylic acids is 4. The van der Waals surface area contributed by atoms with E-state index < -0.39 is 68.8 Å². The van der Waals surface area contributed by atoms with Gasteiger partial charge >= 0.3 is 22.4 Å².